The minimum Gasteiger partial charge on any atom is -0.346 e. The molecule has 23 heavy (non-hydrogen) atoms. The van der Waals surface area contributed by atoms with Gasteiger partial charge in [-0.15, -0.1) is 11.3 Å². The van der Waals surface area contributed by atoms with Gasteiger partial charge in [-0.3, -0.25) is 0 Å². The van der Waals surface area contributed by atoms with E-state index in [0.29, 0.717) is 5.92 Å². The van der Waals surface area contributed by atoms with Crippen LogP contribution in [0.15, 0.2) is 24.0 Å². The van der Waals surface area contributed by atoms with Gasteiger partial charge in [-0.1, -0.05) is 0 Å². The number of aromatic amines is 1. The van der Waals surface area contributed by atoms with E-state index in [1.807, 2.05) is 13.1 Å². The lowest BCUT2D eigenvalue weighted by molar-refractivity contribution is 0.349. The molecule has 7 heteroatoms. The molecule has 3 aromatic rings. The largest absolute Gasteiger partial charge is 0.346 e. The first-order valence-corrected chi connectivity index (χ1v) is 8.81. The van der Waals surface area contributed by atoms with Gasteiger partial charge in [-0.25, -0.2) is 15.0 Å². The van der Waals surface area contributed by atoms with Crippen LogP contribution in [0, 0.1) is 12.8 Å². The number of anilines is 1. The molecule has 1 aliphatic heterocycles. The molecule has 2 atom stereocenters. The highest BCUT2D eigenvalue weighted by molar-refractivity contribution is 7.13. The van der Waals surface area contributed by atoms with Gasteiger partial charge in [-0.05, 0) is 38.3 Å². The Bertz CT molecular complexity index is 810. The quantitative estimate of drug-likeness (QED) is 0.772. The Labute approximate surface area is 138 Å². The van der Waals surface area contributed by atoms with Crippen LogP contribution in [-0.4, -0.2) is 33.0 Å². The van der Waals surface area contributed by atoms with Gasteiger partial charge in [-0.2, -0.15) is 0 Å². The molecule has 4 rings (SSSR count). The summed E-state index contributed by atoms with van der Waals surface area (Å²) in [6.45, 7) is 3.73. The van der Waals surface area contributed by atoms with Gasteiger partial charge in [0.1, 0.15) is 12.0 Å². The van der Waals surface area contributed by atoms with Gasteiger partial charge in [0.15, 0.2) is 5.13 Å². The number of aromatic nitrogens is 4. The van der Waals surface area contributed by atoms with Crippen LogP contribution in [0.5, 0.6) is 0 Å². The summed E-state index contributed by atoms with van der Waals surface area (Å²) in [5.74, 6) is 0.529. The molecule has 1 fully saturated rings. The molecule has 4 heterocycles. The molecule has 2 unspecified atom stereocenters. The highest BCUT2D eigenvalue weighted by Crippen LogP contribution is 2.39. The van der Waals surface area contributed by atoms with E-state index in [2.05, 4.69) is 31.3 Å². The molecule has 0 bridgehead atoms. The second kappa shape index (κ2) is 5.90. The van der Waals surface area contributed by atoms with Crippen LogP contribution >= 0.6 is 11.3 Å². The lowest BCUT2D eigenvalue weighted by Gasteiger charge is -2.39. The van der Waals surface area contributed by atoms with E-state index in [1.54, 1.807) is 17.7 Å². The Morgan fingerprint density at radius 1 is 1.43 bits per heavy atom. The third kappa shape index (κ3) is 2.60. The highest BCUT2D eigenvalue weighted by atomic mass is 32.1. The average Bonchev–Trinajstić information content (AvgIpc) is 3.22. The molecule has 120 valence electrons. The zero-order valence-corrected chi connectivity index (χ0v) is 13.9. The van der Waals surface area contributed by atoms with Gasteiger partial charge in [0.05, 0.1) is 17.4 Å². The number of nitrogens with two attached hydrogens (primary N) is 1. The van der Waals surface area contributed by atoms with Gasteiger partial charge >= 0.3 is 0 Å². The number of fused-ring (bicyclic) bond motifs is 1. The molecular formula is C16H20N6S. The van der Waals surface area contributed by atoms with Crippen LogP contribution in [-0.2, 0) is 0 Å². The normalized spacial score (nSPS) is 21.9. The van der Waals surface area contributed by atoms with Crippen molar-refractivity contribution in [3.8, 4) is 0 Å². The van der Waals surface area contributed by atoms with Crippen molar-refractivity contribution in [2.75, 3.05) is 18.0 Å². The summed E-state index contributed by atoms with van der Waals surface area (Å²) in [5.41, 5.74) is 8.98. The number of thiazole rings is 1. The number of aryl methyl sites for hydroxylation is 1. The topological polar surface area (TPSA) is 83.7 Å². The van der Waals surface area contributed by atoms with Crippen molar-refractivity contribution in [3.63, 3.8) is 0 Å². The van der Waals surface area contributed by atoms with Crippen LogP contribution in [0.3, 0.4) is 0 Å². The van der Waals surface area contributed by atoms with Crippen LogP contribution in [0.25, 0.3) is 11.0 Å². The van der Waals surface area contributed by atoms with E-state index >= 15 is 0 Å². The van der Waals surface area contributed by atoms with E-state index in [4.69, 9.17) is 10.7 Å². The predicted molar refractivity (Wildman–Crippen MR) is 92.6 cm³/mol. The molecule has 0 aliphatic carbocycles. The van der Waals surface area contributed by atoms with E-state index in [-0.39, 0.29) is 6.04 Å². The van der Waals surface area contributed by atoms with Crippen molar-refractivity contribution in [3.05, 3.63) is 35.4 Å². The summed E-state index contributed by atoms with van der Waals surface area (Å²) in [5, 5.41) is 4.27. The molecule has 1 saturated heterocycles. The summed E-state index contributed by atoms with van der Waals surface area (Å²) in [7, 11) is 0. The van der Waals surface area contributed by atoms with Gasteiger partial charge in [0.2, 0.25) is 0 Å². The third-order valence-electron chi connectivity index (χ3n) is 4.60. The molecule has 0 saturated carbocycles. The summed E-state index contributed by atoms with van der Waals surface area (Å²) >= 11 is 1.70. The molecule has 3 aromatic heterocycles. The second-order valence-electron chi connectivity index (χ2n) is 6.11. The summed E-state index contributed by atoms with van der Waals surface area (Å²) in [4.78, 5) is 19.2. The number of hydrogen-bond acceptors (Lipinski definition) is 6. The Morgan fingerprint density at radius 2 is 2.35 bits per heavy atom. The van der Waals surface area contributed by atoms with Gasteiger partial charge in [0.25, 0.3) is 0 Å². The van der Waals surface area contributed by atoms with Crippen LogP contribution in [0.1, 0.15) is 30.3 Å². The SMILES string of the molecule is Cc1csc(N2CCC(CN)CC2c2ncnc3[nH]ccc23)n1. The molecule has 0 amide bonds. The molecule has 0 radical (unpaired) electrons. The Morgan fingerprint density at radius 3 is 3.13 bits per heavy atom. The number of hydrogen-bond donors (Lipinski definition) is 2. The maximum absolute atomic E-state index is 5.95. The molecule has 0 aromatic carbocycles. The maximum atomic E-state index is 5.95. The summed E-state index contributed by atoms with van der Waals surface area (Å²) in [6.07, 6.45) is 5.68. The zero-order valence-electron chi connectivity index (χ0n) is 13.1. The van der Waals surface area contributed by atoms with Crippen molar-refractivity contribution in [1.29, 1.82) is 0 Å². The summed E-state index contributed by atoms with van der Waals surface area (Å²) in [6, 6.07) is 2.26. The minimum absolute atomic E-state index is 0.198. The molecule has 6 nitrogen and oxygen atoms in total. The first kappa shape index (κ1) is 14.6. The third-order valence-corrected chi connectivity index (χ3v) is 5.59. The molecule has 1 aliphatic rings. The number of rotatable bonds is 3. The van der Waals surface area contributed by atoms with E-state index in [0.717, 1.165) is 53.5 Å². The van der Waals surface area contributed by atoms with E-state index in [1.165, 1.54) is 0 Å². The second-order valence-corrected chi connectivity index (χ2v) is 6.94. The monoisotopic (exact) mass is 328 g/mol. The number of nitrogens with zero attached hydrogens (tertiary/aromatic N) is 4. The molecule has 3 N–H and O–H groups in total. The van der Waals surface area contributed by atoms with E-state index in [9.17, 15) is 0 Å². The Kier molecular flexibility index (Phi) is 3.74. The fourth-order valence-corrected chi connectivity index (χ4v) is 4.25. The first-order chi connectivity index (χ1) is 11.3. The predicted octanol–water partition coefficient (Wildman–Crippen LogP) is 2.64. The van der Waals surface area contributed by atoms with Crippen LogP contribution in [0.4, 0.5) is 5.13 Å². The van der Waals surface area contributed by atoms with Crippen molar-refractivity contribution in [1.82, 2.24) is 19.9 Å². The fraction of sp³-hybridized carbons (Fsp3) is 0.438. The molecule has 0 spiro atoms. The first-order valence-electron chi connectivity index (χ1n) is 7.93. The number of piperidine rings is 1. The number of nitrogens with one attached hydrogen (secondary N) is 1. The maximum Gasteiger partial charge on any atom is 0.186 e. The van der Waals surface area contributed by atoms with Crippen LogP contribution < -0.4 is 10.6 Å². The van der Waals surface area contributed by atoms with Crippen LogP contribution in [0.2, 0.25) is 0 Å². The van der Waals surface area contributed by atoms with Crippen molar-refractivity contribution in [2.45, 2.75) is 25.8 Å². The van der Waals surface area contributed by atoms with E-state index < -0.39 is 0 Å². The van der Waals surface area contributed by atoms with Crippen molar-refractivity contribution < 1.29 is 0 Å². The average molecular weight is 328 g/mol. The minimum atomic E-state index is 0.198. The zero-order chi connectivity index (χ0) is 15.8. The fourth-order valence-electron chi connectivity index (χ4n) is 3.37. The summed E-state index contributed by atoms with van der Waals surface area (Å²) < 4.78 is 0. The Balaban J connectivity index is 1.78. The highest BCUT2D eigenvalue weighted by Gasteiger charge is 2.32. The van der Waals surface area contributed by atoms with Crippen molar-refractivity contribution >= 4 is 27.5 Å². The van der Waals surface area contributed by atoms with Gasteiger partial charge in [0, 0.05) is 23.5 Å². The molecular weight excluding hydrogens is 308 g/mol. The standard InChI is InChI=1S/C16H20N6S/c1-10-8-23-16(21-10)22-5-3-11(7-17)6-13(22)14-12-2-4-18-15(12)20-9-19-14/h2,4,8-9,11,13H,3,5-7,17H2,1H3,(H,18,19,20). The van der Waals surface area contributed by atoms with Crippen molar-refractivity contribution in [2.24, 2.45) is 11.7 Å². The Hall–Kier alpha value is -1.99. The lowest BCUT2D eigenvalue weighted by atomic mass is 9.89. The lowest BCUT2D eigenvalue weighted by Crippen LogP contribution is -2.39. The number of H-pyrrole nitrogens is 1. The van der Waals surface area contributed by atoms with Gasteiger partial charge < -0.3 is 15.6 Å². The smallest absolute Gasteiger partial charge is 0.186 e.